The Bertz CT molecular complexity index is 1050. The van der Waals surface area contributed by atoms with Gasteiger partial charge in [0.2, 0.25) is 5.91 Å². The van der Waals surface area contributed by atoms with Gasteiger partial charge < -0.3 is 20.1 Å². The molecule has 3 rings (SSSR count). The van der Waals surface area contributed by atoms with E-state index in [4.69, 9.17) is 9.47 Å². The van der Waals surface area contributed by atoms with Crippen LogP contribution >= 0.6 is 0 Å². The van der Waals surface area contributed by atoms with Crippen LogP contribution in [-0.2, 0) is 17.9 Å². The lowest BCUT2D eigenvalue weighted by Crippen LogP contribution is -2.13. The lowest BCUT2D eigenvalue weighted by molar-refractivity contribution is -0.116. The number of carbonyl (C=O) groups excluding carboxylic acids is 1. The second kappa shape index (κ2) is 11.2. The van der Waals surface area contributed by atoms with Crippen LogP contribution in [0.4, 0.5) is 11.4 Å². The molecule has 0 aliphatic heterocycles. The number of ether oxygens (including phenoxy) is 2. The third-order valence-electron chi connectivity index (χ3n) is 4.94. The Morgan fingerprint density at radius 3 is 2.44 bits per heavy atom. The summed E-state index contributed by atoms with van der Waals surface area (Å²) in [5.74, 6) is 1.78. The molecule has 0 saturated heterocycles. The van der Waals surface area contributed by atoms with Crippen LogP contribution in [0, 0.1) is 12.8 Å². The van der Waals surface area contributed by atoms with Crippen LogP contribution in [0.3, 0.4) is 0 Å². The van der Waals surface area contributed by atoms with Crippen molar-refractivity contribution < 1.29 is 14.3 Å². The molecule has 1 amide bonds. The minimum Gasteiger partial charge on any atom is -0.493 e. The number of nitrogens with one attached hydrogen (secondary N) is 2. The second-order valence-corrected chi connectivity index (χ2v) is 8.34. The van der Waals surface area contributed by atoms with Gasteiger partial charge in [-0.05, 0) is 54.3 Å². The highest BCUT2D eigenvalue weighted by Crippen LogP contribution is 2.29. The van der Waals surface area contributed by atoms with E-state index in [0.29, 0.717) is 37.0 Å². The Hall–Kier alpha value is -3.47. The molecule has 5 nitrogen and oxygen atoms in total. The van der Waals surface area contributed by atoms with Crippen LogP contribution in [0.15, 0.2) is 66.7 Å². The summed E-state index contributed by atoms with van der Waals surface area (Å²) in [6, 6.07) is 22.0. The van der Waals surface area contributed by atoms with Gasteiger partial charge in [0, 0.05) is 24.3 Å². The number of hydrogen-bond acceptors (Lipinski definition) is 4. The van der Waals surface area contributed by atoms with E-state index >= 15 is 0 Å². The molecular weight excluding hydrogens is 400 g/mol. The third-order valence-corrected chi connectivity index (χ3v) is 4.94. The number of benzene rings is 3. The van der Waals surface area contributed by atoms with Crippen molar-refractivity contribution in [2.24, 2.45) is 5.92 Å². The summed E-state index contributed by atoms with van der Waals surface area (Å²) in [4.78, 5) is 12.0. The number of amides is 1. The molecule has 0 fully saturated rings. The highest BCUT2D eigenvalue weighted by atomic mass is 16.5. The smallest absolute Gasteiger partial charge is 0.224 e. The minimum absolute atomic E-state index is 0.0307. The average molecular weight is 433 g/mol. The van der Waals surface area contributed by atoms with Gasteiger partial charge in [0.05, 0.1) is 7.11 Å². The lowest BCUT2D eigenvalue weighted by atomic mass is 10.1. The zero-order chi connectivity index (χ0) is 22.9. The van der Waals surface area contributed by atoms with Crippen molar-refractivity contribution in [2.75, 3.05) is 17.7 Å². The molecule has 168 valence electrons. The van der Waals surface area contributed by atoms with E-state index in [1.807, 2.05) is 62.4 Å². The molecule has 0 aliphatic carbocycles. The molecule has 0 saturated carbocycles. The van der Waals surface area contributed by atoms with Crippen molar-refractivity contribution in [3.05, 3.63) is 83.4 Å². The van der Waals surface area contributed by atoms with E-state index < -0.39 is 0 Å². The van der Waals surface area contributed by atoms with Crippen molar-refractivity contribution in [3.63, 3.8) is 0 Å². The third kappa shape index (κ3) is 7.05. The number of anilines is 2. The SMILES string of the molecule is COc1cc(CNc2cccc(NC(=O)CC(C)C)c2)ccc1OCc1cccc(C)c1. The van der Waals surface area contributed by atoms with Crippen LogP contribution in [0.1, 0.15) is 37.0 Å². The molecule has 0 aromatic heterocycles. The predicted octanol–water partition coefficient (Wildman–Crippen LogP) is 6.18. The number of aryl methyl sites for hydroxylation is 1. The average Bonchev–Trinajstić information content (AvgIpc) is 2.76. The fourth-order valence-corrected chi connectivity index (χ4v) is 3.40. The summed E-state index contributed by atoms with van der Waals surface area (Å²) in [7, 11) is 1.65. The lowest BCUT2D eigenvalue weighted by Gasteiger charge is -2.14. The minimum atomic E-state index is 0.0307. The van der Waals surface area contributed by atoms with Crippen LogP contribution in [-0.4, -0.2) is 13.0 Å². The summed E-state index contributed by atoms with van der Waals surface area (Å²) < 4.78 is 11.5. The van der Waals surface area contributed by atoms with E-state index in [1.165, 1.54) is 5.56 Å². The molecule has 32 heavy (non-hydrogen) atoms. The largest absolute Gasteiger partial charge is 0.493 e. The second-order valence-electron chi connectivity index (χ2n) is 8.34. The summed E-state index contributed by atoms with van der Waals surface area (Å²) in [5.41, 5.74) is 5.13. The molecule has 5 heteroatoms. The van der Waals surface area contributed by atoms with E-state index in [9.17, 15) is 4.79 Å². The van der Waals surface area contributed by atoms with Gasteiger partial charge in [-0.3, -0.25) is 4.79 Å². The fraction of sp³-hybridized carbons (Fsp3) is 0.296. The van der Waals surface area contributed by atoms with Gasteiger partial charge in [0.25, 0.3) is 0 Å². The maximum atomic E-state index is 12.0. The first kappa shape index (κ1) is 23.2. The van der Waals surface area contributed by atoms with Crippen LogP contribution in [0.5, 0.6) is 11.5 Å². The van der Waals surface area contributed by atoms with Crippen molar-refractivity contribution in [1.82, 2.24) is 0 Å². The van der Waals surface area contributed by atoms with Crippen molar-refractivity contribution in [3.8, 4) is 11.5 Å². The summed E-state index contributed by atoms with van der Waals surface area (Å²) in [5, 5.41) is 6.36. The van der Waals surface area contributed by atoms with E-state index in [1.54, 1.807) is 7.11 Å². The first-order valence-corrected chi connectivity index (χ1v) is 10.9. The number of hydrogen-bond donors (Lipinski definition) is 2. The van der Waals surface area contributed by atoms with Gasteiger partial charge in [-0.2, -0.15) is 0 Å². The number of rotatable bonds is 10. The first-order chi connectivity index (χ1) is 15.4. The predicted molar refractivity (Wildman–Crippen MR) is 130 cm³/mol. The van der Waals surface area contributed by atoms with E-state index in [2.05, 4.69) is 35.8 Å². The van der Waals surface area contributed by atoms with Crippen LogP contribution < -0.4 is 20.1 Å². The van der Waals surface area contributed by atoms with E-state index in [0.717, 1.165) is 22.5 Å². The Kier molecular flexibility index (Phi) is 8.14. The molecule has 0 spiro atoms. The van der Waals surface area contributed by atoms with Gasteiger partial charge in [-0.25, -0.2) is 0 Å². The zero-order valence-electron chi connectivity index (χ0n) is 19.3. The molecule has 3 aromatic rings. The van der Waals surface area contributed by atoms with E-state index in [-0.39, 0.29) is 5.91 Å². The van der Waals surface area contributed by atoms with Gasteiger partial charge in [0.15, 0.2) is 11.5 Å². The standard InChI is InChI=1S/C27H32N2O3/c1-19(2)13-27(30)29-24-10-6-9-23(16-24)28-17-21-11-12-25(26(15-21)31-4)32-18-22-8-5-7-20(3)14-22/h5-12,14-16,19,28H,13,17-18H2,1-4H3,(H,29,30). The Labute approximate surface area is 190 Å². The first-order valence-electron chi connectivity index (χ1n) is 10.9. The molecule has 0 aliphatic rings. The topological polar surface area (TPSA) is 59.6 Å². The quantitative estimate of drug-likeness (QED) is 0.402. The zero-order valence-corrected chi connectivity index (χ0v) is 19.3. The van der Waals surface area contributed by atoms with Crippen molar-refractivity contribution in [1.29, 1.82) is 0 Å². The molecule has 0 radical (unpaired) electrons. The van der Waals surface area contributed by atoms with Crippen LogP contribution in [0.2, 0.25) is 0 Å². The normalized spacial score (nSPS) is 10.7. The Morgan fingerprint density at radius 1 is 0.906 bits per heavy atom. The Balaban J connectivity index is 1.59. The van der Waals surface area contributed by atoms with Gasteiger partial charge >= 0.3 is 0 Å². The molecule has 2 N–H and O–H groups in total. The van der Waals surface area contributed by atoms with Gasteiger partial charge in [-0.15, -0.1) is 0 Å². The maximum absolute atomic E-state index is 12.0. The number of methoxy groups -OCH3 is 1. The molecule has 3 aromatic carbocycles. The summed E-state index contributed by atoms with van der Waals surface area (Å²) >= 11 is 0. The van der Waals surface area contributed by atoms with Crippen molar-refractivity contribution in [2.45, 2.75) is 40.3 Å². The molecule has 0 unspecified atom stereocenters. The molecular formula is C27H32N2O3. The summed E-state index contributed by atoms with van der Waals surface area (Å²) in [6.45, 7) is 7.25. The van der Waals surface area contributed by atoms with Crippen molar-refractivity contribution >= 4 is 17.3 Å². The van der Waals surface area contributed by atoms with Gasteiger partial charge in [-0.1, -0.05) is 55.8 Å². The molecule has 0 bridgehead atoms. The number of carbonyl (C=O) groups is 1. The van der Waals surface area contributed by atoms with Gasteiger partial charge in [0.1, 0.15) is 6.61 Å². The maximum Gasteiger partial charge on any atom is 0.224 e. The summed E-state index contributed by atoms with van der Waals surface area (Å²) in [6.07, 6.45) is 0.510. The molecule has 0 heterocycles. The Morgan fingerprint density at radius 2 is 1.69 bits per heavy atom. The highest BCUT2D eigenvalue weighted by molar-refractivity contribution is 5.91. The molecule has 0 atom stereocenters. The van der Waals surface area contributed by atoms with Crippen LogP contribution in [0.25, 0.3) is 0 Å². The monoisotopic (exact) mass is 432 g/mol. The highest BCUT2D eigenvalue weighted by Gasteiger charge is 2.08. The fourth-order valence-electron chi connectivity index (χ4n) is 3.40.